The second-order valence-electron chi connectivity index (χ2n) is 6.24. The quantitative estimate of drug-likeness (QED) is 0.272. The van der Waals surface area contributed by atoms with E-state index in [4.69, 9.17) is 5.11 Å². The first-order chi connectivity index (χ1) is 9.77. The normalized spacial score (nSPS) is 13.2. The fourth-order valence-corrected chi connectivity index (χ4v) is 2.64. The molecule has 0 spiro atoms. The molecule has 1 N–H and O–H groups in total. The zero-order valence-electron chi connectivity index (χ0n) is 14.1. The zero-order chi connectivity index (χ0) is 14.9. The number of allylic oxidation sites excluding steroid dienone is 2. The van der Waals surface area contributed by atoms with Crippen molar-refractivity contribution in [1.82, 2.24) is 0 Å². The van der Waals surface area contributed by atoms with Gasteiger partial charge in [0.25, 0.3) is 0 Å². The molecule has 0 aliphatic carbocycles. The van der Waals surface area contributed by atoms with E-state index in [1.165, 1.54) is 83.5 Å². The van der Waals surface area contributed by atoms with Crippen LogP contribution in [-0.2, 0) is 0 Å². The third-order valence-electron chi connectivity index (χ3n) is 3.98. The Morgan fingerprint density at radius 2 is 1.10 bits per heavy atom. The van der Waals surface area contributed by atoms with Gasteiger partial charge in [-0.2, -0.15) is 0 Å². The average Bonchev–Trinajstić information content (AvgIpc) is 2.43. The number of unbranched alkanes of at least 4 members (excludes halogenated alkanes) is 12. The van der Waals surface area contributed by atoms with Crippen molar-refractivity contribution >= 4 is 0 Å². The first-order valence-corrected chi connectivity index (χ1v) is 9.06. The van der Waals surface area contributed by atoms with E-state index >= 15 is 0 Å². The summed E-state index contributed by atoms with van der Waals surface area (Å²) < 4.78 is 0. The highest BCUT2D eigenvalue weighted by atomic mass is 16.3. The molecule has 0 saturated heterocycles. The van der Waals surface area contributed by atoms with Crippen LogP contribution >= 0.6 is 0 Å². The summed E-state index contributed by atoms with van der Waals surface area (Å²) in [6.45, 7) is 3.99. The van der Waals surface area contributed by atoms with Crippen molar-refractivity contribution in [3.05, 3.63) is 12.2 Å². The molecular formula is C19H38O. The van der Waals surface area contributed by atoms with Crippen molar-refractivity contribution in [2.24, 2.45) is 0 Å². The van der Waals surface area contributed by atoms with E-state index in [-0.39, 0.29) is 6.10 Å². The first kappa shape index (κ1) is 19.7. The van der Waals surface area contributed by atoms with Gasteiger partial charge < -0.3 is 5.11 Å². The molecule has 0 aromatic heterocycles. The maximum Gasteiger partial charge on any atom is 0.0512 e. The van der Waals surface area contributed by atoms with Gasteiger partial charge in [-0.3, -0.25) is 0 Å². The lowest BCUT2D eigenvalue weighted by Crippen LogP contribution is -1.98. The van der Waals surface area contributed by atoms with Gasteiger partial charge in [0.15, 0.2) is 0 Å². The standard InChI is InChI=1S/C19H38O/c1-3-4-5-6-7-8-9-10-11-12-13-14-15-16-17-18-19(2)20/h3-4,19-20H,5-18H2,1-2H3. The predicted molar refractivity (Wildman–Crippen MR) is 91.1 cm³/mol. The highest BCUT2D eigenvalue weighted by Gasteiger charge is 1.96. The van der Waals surface area contributed by atoms with Gasteiger partial charge >= 0.3 is 0 Å². The molecule has 0 heterocycles. The smallest absolute Gasteiger partial charge is 0.0512 e. The molecule has 0 saturated carbocycles. The molecule has 0 fully saturated rings. The highest BCUT2D eigenvalue weighted by molar-refractivity contribution is 4.76. The average molecular weight is 283 g/mol. The number of rotatable bonds is 15. The fraction of sp³-hybridized carbons (Fsp3) is 0.895. The summed E-state index contributed by atoms with van der Waals surface area (Å²) in [5.74, 6) is 0. The molecule has 20 heavy (non-hydrogen) atoms. The fourth-order valence-electron chi connectivity index (χ4n) is 2.64. The van der Waals surface area contributed by atoms with E-state index in [1.807, 2.05) is 6.92 Å². The van der Waals surface area contributed by atoms with E-state index < -0.39 is 0 Å². The van der Waals surface area contributed by atoms with E-state index in [0.29, 0.717) is 0 Å². The van der Waals surface area contributed by atoms with Gasteiger partial charge in [0, 0.05) is 0 Å². The number of aliphatic hydroxyl groups excluding tert-OH is 1. The van der Waals surface area contributed by atoms with Gasteiger partial charge in [-0.05, 0) is 33.1 Å². The van der Waals surface area contributed by atoms with Gasteiger partial charge in [-0.15, -0.1) is 0 Å². The van der Waals surface area contributed by atoms with Gasteiger partial charge in [-0.1, -0.05) is 82.8 Å². The Balaban J connectivity index is 2.96. The third-order valence-corrected chi connectivity index (χ3v) is 3.98. The summed E-state index contributed by atoms with van der Waals surface area (Å²) >= 11 is 0. The Morgan fingerprint density at radius 1 is 0.700 bits per heavy atom. The molecular weight excluding hydrogens is 244 g/mol. The maximum atomic E-state index is 9.15. The Labute approximate surface area is 127 Å². The van der Waals surface area contributed by atoms with E-state index in [2.05, 4.69) is 19.1 Å². The summed E-state index contributed by atoms with van der Waals surface area (Å²) in [5.41, 5.74) is 0. The summed E-state index contributed by atoms with van der Waals surface area (Å²) in [4.78, 5) is 0. The van der Waals surface area contributed by atoms with Crippen LogP contribution in [0.1, 0.15) is 104 Å². The molecule has 1 atom stereocenters. The lowest BCUT2D eigenvalue weighted by Gasteiger charge is -2.04. The molecule has 0 aromatic rings. The Morgan fingerprint density at radius 3 is 1.50 bits per heavy atom. The van der Waals surface area contributed by atoms with Crippen molar-refractivity contribution in [3.8, 4) is 0 Å². The van der Waals surface area contributed by atoms with Crippen molar-refractivity contribution in [2.75, 3.05) is 0 Å². The topological polar surface area (TPSA) is 20.2 Å². The molecule has 120 valence electrons. The number of hydrogen-bond donors (Lipinski definition) is 1. The highest BCUT2D eigenvalue weighted by Crippen LogP contribution is 2.13. The Kier molecular flexibility index (Phi) is 16.5. The largest absolute Gasteiger partial charge is 0.393 e. The summed E-state index contributed by atoms with van der Waals surface area (Å²) in [6.07, 6.45) is 23.2. The van der Waals surface area contributed by atoms with Crippen LogP contribution in [0.25, 0.3) is 0 Å². The van der Waals surface area contributed by atoms with Crippen molar-refractivity contribution in [2.45, 2.75) is 110 Å². The van der Waals surface area contributed by atoms with Gasteiger partial charge in [0.1, 0.15) is 0 Å². The molecule has 1 heteroatoms. The number of aliphatic hydroxyl groups is 1. The molecule has 0 amide bonds. The van der Waals surface area contributed by atoms with Crippen LogP contribution < -0.4 is 0 Å². The van der Waals surface area contributed by atoms with Gasteiger partial charge in [-0.25, -0.2) is 0 Å². The second kappa shape index (κ2) is 16.8. The Bertz CT molecular complexity index is 196. The first-order valence-electron chi connectivity index (χ1n) is 9.06. The second-order valence-corrected chi connectivity index (χ2v) is 6.24. The maximum absolute atomic E-state index is 9.15. The van der Waals surface area contributed by atoms with Crippen LogP contribution in [0, 0.1) is 0 Å². The lowest BCUT2D eigenvalue weighted by molar-refractivity contribution is 0.180. The van der Waals surface area contributed by atoms with Crippen LogP contribution in [0.2, 0.25) is 0 Å². The van der Waals surface area contributed by atoms with Crippen molar-refractivity contribution in [1.29, 1.82) is 0 Å². The minimum Gasteiger partial charge on any atom is -0.393 e. The van der Waals surface area contributed by atoms with E-state index in [9.17, 15) is 0 Å². The minimum absolute atomic E-state index is 0.104. The third kappa shape index (κ3) is 17.7. The van der Waals surface area contributed by atoms with Crippen LogP contribution in [0.5, 0.6) is 0 Å². The van der Waals surface area contributed by atoms with Crippen LogP contribution in [0.4, 0.5) is 0 Å². The molecule has 0 radical (unpaired) electrons. The molecule has 1 nitrogen and oxygen atoms in total. The molecule has 0 aliphatic heterocycles. The molecule has 0 bridgehead atoms. The zero-order valence-corrected chi connectivity index (χ0v) is 14.1. The van der Waals surface area contributed by atoms with Gasteiger partial charge in [0.2, 0.25) is 0 Å². The monoisotopic (exact) mass is 282 g/mol. The van der Waals surface area contributed by atoms with Gasteiger partial charge in [0.05, 0.1) is 6.10 Å². The van der Waals surface area contributed by atoms with Crippen LogP contribution in [-0.4, -0.2) is 11.2 Å². The summed E-state index contributed by atoms with van der Waals surface area (Å²) in [7, 11) is 0. The predicted octanol–water partition coefficient (Wildman–Crippen LogP) is 6.40. The summed E-state index contributed by atoms with van der Waals surface area (Å²) in [6, 6.07) is 0. The summed E-state index contributed by atoms with van der Waals surface area (Å²) in [5, 5.41) is 9.15. The SMILES string of the molecule is CC=CCCCCCCCCCCCCCCC(C)O. The van der Waals surface area contributed by atoms with Crippen LogP contribution in [0.15, 0.2) is 12.2 Å². The molecule has 0 rings (SSSR count). The van der Waals surface area contributed by atoms with Crippen molar-refractivity contribution in [3.63, 3.8) is 0 Å². The van der Waals surface area contributed by atoms with Crippen molar-refractivity contribution < 1.29 is 5.11 Å². The molecule has 0 aromatic carbocycles. The van der Waals surface area contributed by atoms with Crippen LogP contribution in [0.3, 0.4) is 0 Å². The van der Waals surface area contributed by atoms with E-state index in [1.54, 1.807) is 0 Å². The molecule has 0 aliphatic rings. The minimum atomic E-state index is -0.104. The number of hydrogen-bond acceptors (Lipinski definition) is 1. The Hall–Kier alpha value is -0.300. The van der Waals surface area contributed by atoms with E-state index in [0.717, 1.165) is 6.42 Å². The lowest BCUT2D eigenvalue weighted by atomic mass is 10.0. The molecule has 1 unspecified atom stereocenters.